The highest BCUT2D eigenvalue weighted by molar-refractivity contribution is 7.80. The first kappa shape index (κ1) is 25.5. The van der Waals surface area contributed by atoms with Crippen molar-refractivity contribution in [3.63, 3.8) is 0 Å². The Labute approximate surface area is 197 Å². The third-order valence-corrected chi connectivity index (χ3v) is 5.56. The summed E-state index contributed by atoms with van der Waals surface area (Å²) in [5.74, 6) is -2.82. The maximum Gasteiger partial charge on any atom is 0.414 e. The SMILES string of the molecule is CC(=O)OCC(=O)N1CCN(c2c(F)cc(N3C[C@@H](CNC(=S)C(F)F)OC3=O)cc2F)CC1. The zero-order valence-electron chi connectivity index (χ0n) is 18.1. The van der Waals surface area contributed by atoms with Crippen LogP contribution in [0.5, 0.6) is 0 Å². The van der Waals surface area contributed by atoms with Crippen LogP contribution in [0.25, 0.3) is 0 Å². The monoisotopic (exact) mass is 506 g/mol. The second-order valence-electron chi connectivity index (χ2n) is 7.57. The van der Waals surface area contributed by atoms with Crippen molar-refractivity contribution >= 4 is 46.6 Å². The van der Waals surface area contributed by atoms with Crippen molar-refractivity contribution in [1.29, 1.82) is 0 Å². The maximum atomic E-state index is 14.9. The number of thiocarbonyl (C=S) groups is 1. The van der Waals surface area contributed by atoms with E-state index in [9.17, 15) is 31.9 Å². The van der Waals surface area contributed by atoms with Crippen LogP contribution in [0.2, 0.25) is 0 Å². The molecule has 34 heavy (non-hydrogen) atoms. The number of nitrogens with zero attached hydrogens (tertiary/aromatic N) is 3. The quantitative estimate of drug-likeness (QED) is 0.340. The Morgan fingerprint density at radius 2 is 1.82 bits per heavy atom. The number of hydrogen-bond acceptors (Lipinski definition) is 7. The minimum Gasteiger partial charge on any atom is -0.456 e. The number of carbonyl (C=O) groups is 3. The fourth-order valence-electron chi connectivity index (χ4n) is 3.57. The van der Waals surface area contributed by atoms with E-state index in [0.717, 1.165) is 17.0 Å². The first-order chi connectivity index (χ1) is 16.1. The highest BCUT2D eigenvalue weighted by Gasteiger charge is 2.34. The normalized spacial score (nSPS) is 18.2. The molecule has 2 aliphatic heterocycles. The number of nitrogens with one attached hydrogen (secondary N) is 1. The summed E-state index contributed by atoms with van der Waals surface area (Å²) in [7, 11) is 0. The van der Waals surface area contributed by atoms with Crippen LogP contribution < -0.4 is 15.1 Å². The van der Waals surface area contributed by atoms with Gasteiger partial charge in [0.1, 0.15) is 16.8 Å². The standard InChI is InChI=1S/C20H22F4N4O5S/c1-11(29)32-10-16(30)26-2-4-27(5-3-26)17-14(21)6-12(7-15(17)22)28-9-13(33-20(28)31)8-25-19(34)18(23)24/h6-7,13,18H,2-5,8-10H2,1H3,(H,25,34)/t13-/m1/s1. The second kappa shape index (κ2) is 10.8. The molecule has 2 amide bonds. The number of hydrogen-bond donors (Lipinski definition) is 1. The molecule has 186 valence electrons. The highest BCUT2D eigenvalue weighted by atomic mass is 32.1. The molecule has 1 aromatic rings. The number of alkyl halides is 2. The molecule has 0 unspecified atom stereocenters. The van der Waals surface area contributed by atoms with E-state index in [4.69, 9.17) is 4.74 Å². The van der Waals surface area contributed by atoms with Crippen LogP contribution in [0, 0.1) is 11.6 Å². The Hall–Kier alpha value is -3.16. The molecular formula is C20H22F4N4O5S. The van der Waals surface area contributed by atoms with Crippen LogP contribution in [0.15, 0.2) is 12.1 Å². The number of esters is 1. The van der Waals surface area contributed by atoms with Crippen LogP contribution in [0.1, 0.15) is 6.92 Å². The van der Waals surface area contributed by atoms with Gasteiger partial charge in [0.05, 0.1) is 18.8 Å². The van der Waals surface area contributed by atoms with E-state index in [0.29, 0.717) is 0 Å². The minimum absolute atomic E-state index is 0.0853. The van der Waals surface area contributed by atoms with Gasteiger partial charge in [0.15, 0.2) is 18.2 Å². The molecule has 2 fully saturated rings. The van der Waals surface area contributed by atoms with Crippen LogP contribution in [0.3, 0.4) is 0 Å². The number of cyclic esters (lactones) is 1. The summed E-state index contributed by atoms with van der Waals surface area (Å²) in [6, 6.07) is 1.97. The summed E-state index contributed by atoms with van der Waals surface area (Å²) < 4.78 is 64.4. The van der Waals surface area contributed by atoms with E-state index in [1.807, 2.05) is 0 Å². The molecule has 1 atom stereocenters. The smallest absolute Gasteiger partial charge is 0.414 e. The number of halogens is 4. The molecular weight excluding hydrogens is 484 g/mol. The summed E-state index contributed by atoms with van der Waals surface area (Å²) >= 11 is 4.46. The predicted molar refractivity (Wildman–Crippen MR) is 116 cm³/mol. The van der Waals surface area contributed by atoms with Gasteiger partial charge in [-0.25, -0.2) is 22.4 Å². The summed E-state index contributed by atoms with van der Waals surface area (Å²) in [4.78, 5) is 38.2. The van der Waals surface area contributed by atoms with Crippen molar-refractivity contribution in [3.05, 3.63) is 23.8 Å². The highest BCUT2D eigenvalue weighted by Crippen LogP contribution is 2.31. The molecule has 0 bridgehead atoms. The van der Waals surface area contributed by atoms with Crippen LogP contribution >= 0.6 is 12.2 Å². The van der Waals surface area contributed by atoms with Gasteiger partial charge in [0.2, 0.25) is 0 Å². The summed E-state index contributed by atoms with van der Waals surface area (Å²) in [6.07, 6.45) is -4.57. The van der Waals surface area contributed by atoms with Gasteiger partial charge in [-0.05, 0) is 0 Å². The van der Waals surface area contributed by atoms with Crippen LogP contribution in [-0.2, 0) is 19.1 Å². The van der Waals surface area contributed by atoms with E-state index in [-0.39, 0.29) is 50.6 Å². The largest absolute Gasteiger partial charge is 0.456 e. The molecule has 2 saturated heterocycles. The molecule has 3 rings (SSSR count). The van der Waals surface area contributed by atoms with Crippen molar-refractivity contribution in [2.45, 2.75) is 19.5 Å². The Kier molecular flexibility index (Phi) is 8.12. The van der Waals surface area contributed by atoms with Crippen molar-refractivity contribution < 1.29 is 41.4 Å². The Balaban J connectivity index is 1.62. The zero-order valence-corrected chi connectivity index (χ0v) is 18.9. The average Bonchev–Trinajstić information content (AvgIpc) is 3.16. The average molecular weight is 506 g/mol. The molecule has 0 spiro atoms. The topological polar surface area (TPSA) is 91.4 Å². The second-order valence-corrected chi connectivity index (χ2v) is 8.01. The lowest BCUT2D eigenvalue weighted by Crippen LogP contribution is -2.50. The Bertz CT molecular complexity index is 951. The first-order valence-corrected chi connectivity index (χ1v) is 10.7. The number of rotatable bonds is 7. The Morgan fingerprint density at radius 1 is 1.21 bits per heavy atom. The van der Waals surface area contributed by atoms with Gasteiger partial charge < -0.3 is 24.6 Å². The lowest BCUT2D eigenvalue weighted by molar-refractivity contribution is -0.150. The van der Waals surface area contributed by atoms with Gasteiger partial charge >= 0.3 is 12.1 Å². The van der Waals surface area contributed by atoms with E-state index in [2.05, 4.69) is 22.3 Å². The van der Waals surface area contributed by atoms with Gasteiger partial charge in [-0.2, -0.15) is 0 Å². The molecule has 1 aromatic carbocycles. The third kappa shape index (κ3) is 6.04. The Morgan fingerprint density at radius 3 is 2.38 bits per heavy atom. The molecule has 0 aromatic heterocycles. The van der Waals surface area contributed by atoms with E-state index in [1.54, 1.807) is 0 Å². The summed E-state index contributed by atoms with van der Waals surface area (Å²) in [5, 5.41) is 2.29. The molecule has 9 nitrogen and oxygen atoms in total. The number of anilines is 2. The van der Waals surface area contributed by atoms with Crippen molar-refractivity contribution in [2.24, 2.45) is 0 Å². The number of amides is 2. The number of ether oxygens (including phenoxy) is 2. The number of piperazine rings is 1. The number of benzene rings is 1. The van der Waals surface area contributed by atoms with Crippen molar-refractivity contribution in [1.82, 2.24) is 10.2 Å². The van der Waals surface area contributed by atoms with Gasteiger partial charge in [-0.15, -0.1) is 0 Å². The fourth-order valence-corrected chi connectivity index (χ4v) is 3.66. The lowest BCUT2D eigenvalue weighted by Gasteiger charge is -2.36. The molecule has 14 heteroatoms. The van der Waals surface area contributed by atoms with Crippen molar-refractivity contribution in [3.8, 4) is 0 Å². The van der Waals surface area contributed by atoms with Gasteiger partial charge in [-0.3, -0.25) is 14.5 Å². The van der Waals surface area contributed by atoms with Gasteiger partial charge in [0.25, 0.3) is 12.3 Å². The molecule has 0 saturated carbocycles. The molecule has 1 N–H and O–H groups in total. The lowest BCUT2D eigenvalue weighted by atomic mass is 10.2. The van der Waals surface area contributed by atoms with Crippen LogP contribution in [0.4, 0.5) is 33.7 Å². The molecule has 0 aliphatic carbocycles. The van der Waals surface area contributed by atoms with E-state index in [1.165, 1.54) is 16.7 Å². The van der Waals surface area contributed by atoms with Gasteiger partial charge in [-0.1, -0.05) is 12.2 Å². The van der Waals surface area contributed by atoms with Gasteiger partial charge in [0, 0.05) is 45.2 Å². The fraction of sp³-hybridized carbons (Fsp3) is 0.500. The third-order valence-electron chi connectivity index (χ3n) is 5.24. The van der Waals surface area contributed by atoms with E-state index >= 15 is 0 Å². The summed E-state index contributed by atoms with van der Waals surface area (Å²) in [6.45, 7) is 1.13. The summed E-state index contributed by atoms with van der Waals surface area (Å²) in [5.41, 5.74) is -0.387. The van der Waals surface area contributed by atoms with E-state index < -0.39 is 53.7 Å². The van der Waals surface area contributed by atoms with Crippen LogP contribution in [-0.4, -0.2) is 86.3 Å². The molecule has 2 aliphatic rings. The zero-order chi connectivity index (χ0) is 25.0. The minimum atomic E-state index is -2.85. The maximum absolute atomic E-state index is 14.9. The van der Waals surface area contributed by atoms with Crippen molar-refractivity contribution in [2.75, 3.05) is 55.7 Å². The molecule has 2 heterocycles. The number of carbonyl (C=O) groups excluding carboxylic acids is 3. The predicted octanol–water partition coefficient (Wildman–Crippen LogP) is 1.68. The molecule has 0 radical (unpaired) electrons. The first-order valence-electron chi connectivity index (χ1n) is 10.3.